The van der Waals surface area contributed by atoms with Crippen LogP contribution in [0, 0.1) is 11.6 Å². The van der Waals surface area contributed by atoms with Crippen LogP contribution in [0.5, 0.6) is 0 Å². The number of H-pyrrole nitrogens is 1. The molecule has 1 atom stereocenters. The smallest absolute Gasteiger partial charge is 0.322 e. The molecule has 0 unspecified atom stereocenters. The number of aromatic amines is 1. The molecule has 0 saturated carbocycles. The van der Waals surface area contributed by atoms with Gasteiger partial charge in [-0.25, -0.2) is 13.6 Å². The molecular formula is C19H16ClF2N3O2. The molecule has 2 amide bonds. The maximum Gasteiger partial charge on any atom is 0.322 e. The Hall–Kier alpha value is -2.93. The van der Waals surface area contributed by atoms with Gasteiger partial charge in [-0.15, -0.1) is 0 Å². The molecule has 27 heavy (non-hydrogen) atoms. The van der Waals surface area contributed by atoms with E-state index < -0.39 is 23.7 Å². The predicted octanol–water partition coefficient (Wildman–Crippen LogP) is 4.68. The number of hydrogen-bond acceptors (Lipinski definition) is 2. The SMILES string of the molecule is C[C@H](c1c[nH]c(=O)c2ccc(F)cc12)N(C)C(=O)Nc1ccc(F)c(Cl)c1. The molecule has 8 heteroatoms. The van der Waals surface area contributed by atoms with Gasteiger partial charge in [0.05, 0.1) is 11.1 Å². The molecule has 0 radical (unpaired) electrons. The van der Waals surface area contributed by atoms with Crippen LogP contribution in [0.3, 0.4) is 0 Å². The van der Waals surface area contributed by atoms with E-state index in [0.717, 1.165) is 6.07 Å². The van der Waals surface area contributed by atoms with Crippen LogP contribution in [0.15, 0.2) is 47.4 Å². The number of benzene rings is 2. The Morgan fingerprint density at radius 2 is 1.93 bits per heavy atom. The van der Waals surface area contributed by atoms with Crippen LogP contribution in [0.25, 0.3) is 10.8 Å². The van der Waals surface area contributed by atoms with E-state index in [1.165, 1.54) is 41.4 Å². The molecular weight excluding hydrogens is 376 g/mol. The fourth-order valence-electron chi connectivity index (χ4n) is 2.77. The first-order chi connectivity index (χ1) is 12.8. The van der Waals surface area contributed by atoms with E-state index in [4.69, 9.17) is 11.6 Å². The van der Waals surface area contributed by atoms with Gasteiger partial charge in [0.15, 0.2) is 0 Å². The molecule has 3 rings (SSSR count). The summed E-state index contributed by atoms with van der Waals surface area (Å²) in [5.41, 5.74) is 0.579. The molecule has 1 heterocycles. The first-order valence-electron chi connectivity index (χ1n) is 8.07. The van der Waals surface area contributed by atoms with Crippen LogP contribution in [0.4, 0.5) is 19.3 Å². The molecule has 3 aromatic rings. The third kappa shape index (κ3) is 3.78. The van der Waals surface area contributed by atoms with Crippen LogP contribution in [0.1, 0.15) is 18.5 Å². The van der Waals surface area contributed by atoms with Gasteiger partial charge in [-0.1, -0.05) is 11.6 Å². The monoisotopic (exact) mass is 391 g/mol. The van der Waals surface area contributed by atoms with Gasteiger partial charge in [-0.3, -0.25) is 4.79 Å². The second kappa shape index (κ2) is 7.36. The van der Waals surface area contributed by atoms with Crippen molar-refractivity contribution in [2.75, 3.05) is 12.4 Å². The number of carbonyl (C=O) groups excluding carboxylic acids is 1. The van der Waals surface area contributed by atoms with Crippen molar-refractivity contribution in [3.05, 3.63) is 75.2 Å². The fourth-order valence-corrected chi connectivity index (χ4v) is 2.95. The third-order valence-electron chi connectivity index (χ3n) is 4.42. The van der Waals surface area contributed by atoms with Crippen molar-refractivity contribution in [2.24, 2.45) is 0 Å². The lowest BCUT2D eigenvalue weighted by atomic mass is 10.0. The standard InChI is InChI=1S/C19H16ClF2N3O2/c1-10(15-9-23-18(26)13-5-3-11(21)7-14(13)15)25(2)19(27)24-12-4-6-17(22)16(20)8-12/h3-10H,1-2H3,(H,23,26)(H,24,27)/t10-/m1/s1. The van der Waals surface area contributed by atoms with Crippen LogP contribution >= 0.6 is 11.6 Å². The van der Waals surface area contributed by atoms with Gasteiger partial charge in [-0.2, -0.15) is 0 Å². The van der Waals surface area contributed by atoms with Crippen molar-refractivity contribution in [2.45, 2.75) is 13.0 Å². The lowest BCUT2D eigenvalue weighted by molar-refractivity contribution is 0.208. The second-order valence-electron chi connectivity index (χ2n) is 6.11. The Kier molecular flexibility index (Phi) is 5.14. The molecule has 2 aromatic carbocycles. The largest absolute Gasteiger partial charge is 0.328 e. The number of fused-ring (bicyclic) bond motifs is 1. The summed E-state index contributed by atoms with van der Waals surface area (Å²) in [4.78, 5) is 28.5. The van der Waals surface area contributed by atoms with Crippen LogP contribution in [0.2, 0.25) is 5.02 Å². The molecule has 0 saturated heterocycles. The molecule has 140 valence electrons. The lowest BCUT2D eigenvalue weighted by Crippen LogP contribution is -2.34. The molecule has 0 aliphatic rings. The fraction of sp³-hybridized carbons (Fsp3) is 0.158. The molecule has 5 nitrogen and oxygen atoms in total. The van der Waals surface area contributed by atoms with Crippen LogP contribution < -0.4 is 10.9 Å². The van der Waals surface area contributed by atoms with Gasteiger partial charge in [0, 0.05) is 24.3 Å². The highest BCUT2D eigenvalue weighted by atomic mass is 35.5. The van der Waals surface area contributed by atoms with E-state index >= 15 is 0 Å². The zero-order chi connectivity index (χ0) is 19.7. The van der Waals surface area contributed by atoms with Crippen molar-refractivity contribution in [3.8, 4) is 0 Å². The number of hydrogen-bond donors (Lipinski definition) is 2. The van der Waals surface area contributed by atoms with Crippen molar-refractivity contribution in [1.29, 1.82) is 0 Å². The molecule has 0 fully saturated rings. The topological polar surface area (TPSA) is 65.2 Å². The number of aromatic nitrogens is 1. The van der Waals surface area contributed by atoms with E-state index in [1.54, 1.807) is 14.0 Å². The minimum atomic E-state index is -0.585. The molecule has 0 aliphatic heterocycles. The van der Waals surface area contributed by atoms with Crippen molar-refractivity contribution < 1.29 is 13.6 Å². The summed E-state index contributed by atoms with van der Waals surface area (Å²) in [5, 5.41) is 3.27. The number of nitrogens with zero attached hydrogens (tertiary/aromatic N) is 1. The number of pyridine rings is 1. The summed E-state index contributed by atoms with van der Waals surface area (Å²) in [6.45, 7) is 1.75. The Labute approximate surface area is 158 Å². The number of halogens is 3. The summed E-state index contributed by atoms with van der Waals surface area (Å²) >= 11 is 5.72. The first kappa shape index (κ1) is 18.8. The number of nitrogens with one attached hydrogen (secondary N) is 2. The van der Waals surface area contributed by atoms with Crippen LogP contribution in [-0.4, -0.2) is 23.0 Å². The van der Waals surface area contributed by atoms with Crippen LogP contribution in [-0.2, 0) is 0 Å². The third-order valence-corrected chi connectivity index (χ3v) is 4.71. The number of carbonyl (C=O) groups is 1. The zero-order valence-electron chi connectivity index (χ0n) is 14.5. The number of urea groups is 1. The van der Waals surface area contributed by atoms with Gasteiger partial charge in [0.25, 0.3) is 5.56 Å². The van der Waals surface area contributed by atoms with E-state index in [9.17, 15) is 18.4 Å². The normalized spacial score (nSPS) is 12.0. The Balaban J connectivity index is 1.89. The number of anilines is 1. The molecule has 1 aromatic heterocycles. The zero-order valence-corrected chi connectivity index (χ0v) is 15.3. The Morgan fingerprint density at radius 1 is 1.19 bits per heavy atom. The number of rotatable bonds is 3. The quantitative estimate of drug-likeness (QED) is 0.680. The maximum absolute atomic E-state index is 13.7. The minimum Gasteiger partial charge on any atom is -0.328 e. The first-order valence-corrected chi connectivity index (χ1v) is 8.45. The highest BCUT2D eigenvalue weighted by molar-refractivity contribution is 6.31. The minimum absolute atomic E-state index is 0.106. The molecule has 0 spiro atoms. The molecule has 0 aliphatic carbocycles. The van der Waals surface area contributed by atoms with Crippen molar-refractivity contribution in [3.63, 3.8) is 0 Å². The maximum atomic E-state index is 13.7. The average molecular weight is 392 g/mol. The highest BCUT2D eigenvalue weighted by Crippen LogP contribution is 2.27. The second-order valence-corrected chi connectivity index (χ2v) is 6.52. The van der Waals surface area contributed by atoms with E-state index in [-0.39, 0.29) is 10.6 Å². The van der Waals surface area contributed by atoms with Crippen molar-refractivity contribution in [1.82, 2.24) is 9.88 Å². The summed E-state index contributed by atoms with van der Waals surface area (Å²) in [7, 11) is 1.56. The summed E-state index contributed by atoms with van der Waals surface area (Å²) in [5.74, 6) is -1.06. The van der Waals surface area contributed by atoms with Gasteiger partial charge in [0.2, 0.25) is 0 Å². The van der Waals surface area contributed by atoms with E-state index in [1.807, 2.05) is 0 Å². The molecule has 2 N–H and O–H groups in total. The van der Waals surface area contributed by atoms with Crippen molar-refractivity contribution >= 4 is 34.1 Å². The Bertz CT molecular complexity index is 1080. The summed E-state index contributed by atoms with van der Waals surface area (Å²) in [6, 6.07) is 6.77. The number of amides is 2. The van der Waals surface area contributed by atoms with Gasteiger partial charge >= 0.3 is 6.03 Å². The summed E-state index contributed by atoms with van der Waals surface area (Å²) < 4.78 is 26.9. The van der Waals surface area contributed by atoms with Gasteiger partial charge in [0.1, 0.15) is 11.6 Å². The average Bonchev–Trinajstić information content (AvgIpc) is 2.63. The predicted molar refractivity (Wildman–Crippen MR) is 101 cm³/mol. The van der Waals surface area contributed by atoms with E-state index in [0.29, 0.717) is 22.0 Å². The Morgan fingerprint density at radius 3 is 2.63 bits per heavy atom. The molecule has 0 bridgehead atoms. The van der Waals surface area contributed by atoms with Gasteiger partial charge < -0.3 is 15.2 Å². The summed E-state index contributed by atoms with van der Waals surface area (Å²) in [6.07, 6.45) is 1.47. The van der Waals surface area contributed by atoms with Gasteiger partial charge in [-0.05, 0) is 54.3 Å². The van der Waals surface area contributed by atoms with E-state index in [2.05, 4.69) is 10.3 Å². The lowest BCUT2D eigenvalue weighted by Gasteiger charge is -2.26. The highest BCUT2D eigenvalue weighted by Gasteiger charge is 2.21.